The molecule has 2 aromatic carbocycles. The van der Waals surface area contributed by atoms with E-state index in [0.29, 0.717) is 21.5 Å². The average Bonchev–Trinajstić information content (AvgIpc) is 3.20. The van der Waals surface area contributed by atoms with Crippen LogP contribution in [0.25, 0.3) is 21.3 Å². The molecular weight excluding hydrogens is 388 g/mol. The number of rotatable bonds is 6. The van der Waals surface area contributed by atoms with E-state index in [-0.39, 0.29) is 24.2 Å². The highest BCUT2D eigenvalue weighted by atomic mass is 32.1. The summed E-state index contributed by atoms with van der Waals surface area (Å²) in [4.78, 5) is 24.9. The van der Waals surface area contributed by atoms with Crippen molar-refractivity contribution in [3.8, 4) is 16.3 Å². The number of methoxy groups -OCH3 is 1. The Morgan fingerprint density at radius 1 is 1.03 bits per heavy atom. The van der Waals surface area contributed by atoms with Crippen molar-refractivity contribution >= 4 is 27.9 Å². The third-order valence-corrected chi connectivity index (χ3v) is 5.52. The van der Waals surface area contributed by atoms with Gasteiger partial charge in [0.05, 0.1) is 31.0 Å². The maximum Gasteiger partial charge on any atom is 0.274 e. The van der Waals surface area contributed by atoms with E-state index in [4.69, 9.17) is 4.74 Å². The van der Waals surface area contributed by atoms with Crippen LogP contribution in [0.15, 0.2) is 53.3 Å². The quantitative estimate of drug-likeness (QED) is 0.489. The van der Waals surface area contributed by atoms with E-state index in [1.807, 2.05) is 36.4 Å². The van der Waals surface area contributed by atoms with Gasteiger partial charge in [0.1, 0.15) is 21.5 Å². The Kier molecular flexibility index (Phi) is 5.18. The zero-order valence-corrected chi connectivity index (χ0v) is 16.8. The van der Waals surface area contributed by atoms with Crippen LogP contribution < -0.4 is 10.3 Å². The highest BCUT2D eigenvalue weighted by Crippen LogP contribution is 2.26. The van der Waals surface area contributed by atoms with Crippen LogP contribution in [-0.2, 0) is 24.7 Å². The molecule has 146 valence electrons. The molecule has 0 spiro atoms. The number of Topliss-reactive ketones (excluding diaryl/α,β-unsaturated/α-hetero) is 1. The molecule has 0 fully saturated rings. The van der Waals surface area contributed by atoms with Gasteiger partial charge in [0.15, 0.2) is 0 Å². The molecule has 0 aliphatic rings. The van der Waals surface area contributed by atoms with Crippen LogP contribution in [0.1, 0.15) is 10.7 Å². The lowest BCUT2D eigenvalue weighted by molar-refractivity contribution is -0.117. The molecule has 0 unspecified atom stereocenters. The van der Waals surface area contributed by atoms with Crippen LogP contribution in [0.5, 0.6) is 5.75 Å². The number of fused-ring (bicyclic) bond motifs is 1. The zero-order chi connectivity index (χ0) is 20.4. The number of nitrogens with zero attached hydrogens (tertiary/aromatic N) is 4. The molecule has 0 aliphatic heterocycles. The second-order valence-corrected chi connectivity index (χ2v) is 7.60. The number of hydrogen-bond donors (Lipinski definition) is 0. The molecular formula is C21H18N4O3S. The van der Waals surface area contributed by atoms with E-state index in [0.717, 1.165) is 16.3 Å². The molecule has 0 atom stereocenters. The highest BCUT2D eigenvalue weighted by Gasteiger charge is 2.15. The number of carbonyl (C=O) groups excluding carboxylic acids is 1. The van der Waals surface area contributed by atoms with Crippen molar-refractivity contribution in [2.75, 3.05) is 7.11 Å². The predicted molar refractivity (Wildman–Crippen MR) is 111 cm³/mol. The molecule has 29 heavy (non-hydrogen) atoms. The lowest BCUT2D eigenvalue weighted by Crippen LogP contribution is -2.22. The van der Waals surface area contributed by atoms with Gasteiger partial charge in [-0.1, -0.05) is 29.5 Å². The van der Waals surface area contributed by atoms with E-state index in [1.165, 1.54) is 16.0 Å². The Morgan fingerprint density at radius 2 is 1.76 bits per heavy atom. The molecule has 7 nitrogen and oxygen atoms in total. The fourth-order valence-electron chi connectivity index (χ4n) is 3.10. The van der Waals surface area contributed by atoms with Gasteiger partial charge in [-0.2, -0.15) is 5.10 Å². The van der Waals surface area contributed by atoms with Gasteiger partial charge in [-0.25, -0.2) is 4.68 Å². The van der Waals surface area contributed by atoms with Crippen molar-refractivity contribution in [3.63, 3.8) is 0 Å². The van der Waals surface area contributed by atoms with Gasteiger partial charge in [0.25, 0.3) is 5.56 Å². The average molecular weight is 406 g/mol. The van der Waals surface area contributed by atoms with Crippen molar-refractivity contribution in [2.24, 2.45) is 7.05 Å². The van der Waals surface area contributed by atoms with Crippen LogP contribution in [0.3, 0.4) is 0 Å². The minimum absolute atomic E-state index is 0.0290. The normalized spacial score (nSPS) is 11.0. The number of aryl methyl sites for hydroxylation is 1. The third-order valence-electron chi connectivity index (χ3n) is 4.55. The summed E-state index contributed by atoms with van der Waals surface area (Å²) in [6, 6.07) is 14.7. The smallest absolute Gasteiger partial charge is 0.274 e. The zero-order valence-electron chi connectivity index (χ0n) is 16.0. The largest absolute Gasteiger partial charge is 0.497 e. The maximum atomic E-state index is 12.6. The van der Waals surface area contributed by atoms with Crippen molar-refractivity contribution in [3.05, 3.63) is 69.6 Å². The molecule has 0 saturated heterocycles. The van der Waals surface area contributed by atoms with Crippen LogP contribution in [-0.4, -0.2) is 32.9 Å². The number of hydrogen-bond acceptors (Lipinski definition) is 7. The van der Waals surface area contributed by atoms with Gasteiger partial charge in [-0.15, -0.1) is 10.2 Å². The van der Waals surface area contributed by atoms with Gasteiger partial charge in [0, 0.05) is 18.0 Å². The Balaban J connectivity index is 1.52. The molecule has 0 bridgehead atoms. The summed E-state index contributed by atoms with van der Waals surface area (Å²) in [7, 11) is 3.21. The first-order valence-corrected chi connectivity index (χ1v) is 9.80. The molecule has 8 heteroatoms. The maximum absolute atomic E-state index is 12.6. The molecule has 0 radical (unpaired) electrons. The first-order valence-electron chi connectivity index (χ1n) is 8.98. The molecule has 2 aromatic heterocycles. The molecule has 0 N–H and O–H groups in total. The summed E-state index contributed by atoms with van der Waals surface area (Å²) in [5.74, 6) is 0.740. The fraction of sp³-hybridized carbons (Fsp3) is 0.190. The van der Waals surface area contributed by atoms with Crippen molar-refractivity contribution in [2.45, 2.75) is 12.8 Å². The monoisotopic (exact) mass is 406 g/mol. The van der Waals surface area contributed by atoms with E-state index >= 15 is 0 Å². The van der Waals surface area contributed by atoms with Gasteiger partial charge in [-0.3, -0.25) is 9.59 Å². The third kappa shape index (κ3) is 3.93. The van der Waals surface area contributed by atoms with Crippen LogP contribution in [0.2, 0.25) is 0 Å². The Labute approximate surface area is 170 Å². The number of carbonyl (C=O) groups is 1. The summed E-state index contributed by atoms with van der Waals surface area (Å²) >= 11 is 1.39. The van der Waals surface area contributed by atoms with Gasteiger partial charge >= 0.3 is 0 Å². The number of ether oxygens (including phenoxy) is 1. The lowest BCUT2D eigenvalue weighted by atomic mass is 10.1. The molecule has 2 heterocycles. The van der Waals surface area contributed by atoms with E-state index in [1.54, 1.807) is 26.3 Å². The van der Waals surface area contributed by atoms with Crippen molar-refractivity contribution < 1.29 is 9.53 Å². The minimum atomic E-state index is -0.176. The van der Waals surface area contributed by atoms with Gasteiger partial charge < -0.3 is 4.74 Å². The van der Waals surface area contributed by atoms with Crippen LogP contribution in [0.4, 0.5) is 0 Å². The Hall–Kier alpha value is -3.39. The Morgan fingerprint density at radius 3 is 2.48 bits per heavy atom. The van der Waals surface area contributed by atoms with E-state index in [2.05, 4.69) is 15.3 Å². The second-order valence-electron chi connectivity index (χ2n) is 6.54. The summed E-state index contributed by atoms with van der Waals surface area (Å²) in [6.07, 6.45) is 0.304. The molecule has 0 aliphatic carbocycles. The SMILES string of the molecule is COc1ccc(-c2nnc(CC(=O)Cc3nn(C)c(=O)c4ccccc34)s2)cc1. The molecule has 4 rings (SSSR count). The summed E-state index contributed by atoms with van der Waals surface area (Å²) in [5, 5.41) is 15.3. The lowest BCUT2D eigenvalue weighted by Gasteiger charge is -2.07. The van der Waals surface area contributed by atoms with Crippen molar-refractivity contribution in [1.82, 2.24) is 20.0 Å². The second kappa shape index (κ2) is 7.92. The molecule has 4 aromatic rings. The predicted octanol–water partition coefficient (Wildman–Crippen LogP) is 2.81. The molecule has 0 saturated carbocycles. The summed E-state index contributed by atoms with van der Waals surface area (Å²) < 4.78 is 6.44. The molecule has 0 amide bonds. The van der Waals surface area contributed by atoms with E-state index < -0.39 is 0 Å². The first kappa shape index (κ1) is 18.9. The topological polar surface area (TPSA) is 87.0 Å². The summed E-state index contributed by atoms with van der Waals surface area (Å²) in [6.45, 7) is 0. The van der Waals surface area contributed by atoms with E-state index in [9.17, 15) is 9.59 Å². The standard InChI is InChI=1S/C21H18N4O3S/c1-25-21(27)17-6-4-3-5-16(17)18(24-25)11-14(26)12-19-22-23-20(29-19)13-7-9-15(28-2)10-8-13/h3-10H,11-12H2,1-2H3. The summed E-state index contributed by atoms with van der Waals surface area (Å²) in [5.41, 5.74) is 1.34. The van der Waals surface area contributed by atoms with Crippen LogP contribution >= 0.6 is 11.3 Å². The van der Waals surface area contributed by atoms with Gasteiger partial charge in [-0.05, 0) is 30.3 Å². The number of ketones is 1. The Bertz CT molecular complexity index is 1250. The number of aromatic nitrogens is 4. The highest BCUT2D eigenvalue weighted by molar-refractivity contribution is 7.14. The minimum Gasteiger partial charge on any atom is -0.497 e. The van der Waals surface area contributed by atoms with Crippen LogP contribution in [0, 0.1) is 0 Å². The first-order chi connectivity index (χ1) is 14.0. The van der Waals surface area contributed by atoms with Gasteiger partial charge in [0.2, 0.25) is 0 Å². The number of benzene rings is 2. The fourth-order valence-corrected chi connectivity index (χ4v) is 3.97. The van der Waals surface area contributed by atoms with Crippen molar-refractivity contribution in [1.29, 1.82) is 0 Å².